The summed E-state index contributed by atoms with van der Waals surface area (Å²) < 4.78 is 15.0. The number of amides is 1. The normalized spacial score (nSPS) is 14.6. The summed E-state index contributed by atoms with van der Waals surface area (Å²) in [4.78, 5) is 33.0. The highest BCUT2D eigenvalue weighted by Crippen LogP contribution is 2.33. The molecule has 0 unspecified atom stereocenters. The first kappa shape index (κ1) is 29.1. The molecule has 1 aliphatic heterocycles. The van der Waals surface area contributed by atoms with Crippen LogP contribution in [0.2, 0.25) is 0 Å². The number of para-hydroxylation sites is 1. The molecule has 206 valence electrons. The molecule has 41 heavy (non-hydrogen) atoms. The Hall–Kier alpha value is -3.41. The number of carbonyl (C=O) groups is 1. The van der Waals surface area contributed by atoms with E-state index in [1.54, 1.807) is 18.6 Å². The number of nitrogens with zero attached hydrogens (tertiary/aromatic N) is 2. The van der Waals surface area contributed by atoms with Crippen LogP contribution in [0.1, 0.15) is 24.1 Å². The number of anilines is 1. The van der Waals surface area contributed by atoms with Gasteiger partial charge in [-0.05, 0) is 106 Å². The van der Waals surface area contributed by atoms with Crippen molar-refractivity contribution in [2.24, 2.45) is 4.99 Å². The average Bonchev–Trinajstić information content (AvgIpc) is 3.26. The van der Waals surface area contributed by atoms with Crippen LogP contribution in [0, 0.1) is 19.5 Å². The highest BCUT2D eigenvalue weighted by molar-refractivity contribution is 14.1. The number of rotatable bonds is 7. The van der Waals surface area contributed by atoms with E-state index in [4.69, 9.17) is 20.9 Å². The first-order chi connectivity index (χ1) is 19.8. The van der Waals surface area contributed by atoms with E-state index in [2.05, 4.69) is 56.4 Å². The number of benzene rings is 3. The van der Waals surface area contributed by atoms with Crippen LogP contribution >= 0.6 is 56.5 Å². The van der Waals surface area contributed by atoms with Gasteiger partial charge in [-0.1, -0.05) is 47.6 Å². The number of ether oxygens (including phenoxy) is 2. The van der Waals surface area contributed by atoms with Crippen molar-refractivity contribution in [1.82, 2.24) is 4.57 Å². The van der Waals surface area contributed by atoms with Crippen molar-refractivity contribution in [3.8, 4) is 23.8 Å². The van der Waals surface area contributed by atoms with Crippen LogP contribution in [-0.4, -0.2) is 24.2 Å². The highest BCUT2D eigenvalue weighted by atomic mass is 127. The molecule has 0 spiro atoms. The first-order valence-corrected chi connectivity index (χ1v) is 15.4. The zero-order chi connectivity index (χ0) is 29.1. The lowest BCUT2D eigenvalue weighted by Gasteiger charge is -2.25. The summed E-state index contributed by atoms with van der Waals surface area (Å²) in [5.41, 5.74) is 2.92. The molecule has 4 aromatic rings. The number of carbonyl (C=O) groups excluding carboxylic acids is 1. The van der Waals surface area contributed by atoms with E-state index in [0.29, 0.717) is 37.8 Å². The van der Waals surface area contributed by atoms with Crippen LogP contribution in [0.15, 0.2) is 87.8 Å². The predicted molar refractivity (Wildman–Crippen MR) is 178 cm³/mol. The quantitative estimate of drug-likeness (QED) is 0.209. The van der Waals surface area contributed by atoms with Crippen molar-refractivity contribution in [3.05, 3.63) is 116 Å². The fourth-order valence-corrected chi connectivity index (χ4v) is 7.70. The lowest BCUT2D eigenvalue weighted by atomic mass is 9.95. The number of hydrogen-bond acceptors (Lipinski definition) is 6. The van der Waals surface area contributed by atoms with Crippen molar-refractivity contribution in [2.75, 3.05) is 19.0 Å². The fraction of sp³-hybridized carbons (Fsp3) is 0.129. The van der Waals surface area contributed by atoms with Gasteiger partial charge in [-0.3, -0.25) is 14.2 Å². The molecule has 0 bridgehead atoms. The van der Waals surface area contributed by atoms with E-state index in [9.17, 15) is 9.59 Å². The largest absolute Gasteiger partial charge is 0.497 e. The lowest BCUT2D eigenvalue weighted by Crippen LogP contribution is -2.40. The monoisotopic (exact) mass is 787 g/mol. The third-order valence-corrected chi connectivity index (χ3v) is 8.91. The van der Waals surface area contributed by atoms with Crippen LogP contribution in [0.25, 0.3) is 6.08 Å². The highest BCUT2D eigenvalue weighted by Gasteiger charge is 2.32. The van der Waals surface area contributed by atoms with Crippen LogP contribution in [0.4, 0.5) is 5.69 Å². The maximum Gasteiger partial charge on any atom is 0.271 e. The van der Waals surface area contributed by atoms with Gasteiger partial charge in [0.1, 0.15) is 18.1 Å². The van der Waals surface area contributed by atoms with Gasteiger partial charge in [-0.25, -0.2) is 4.99 Å². The minimum atomic E-state index is -0.702. The molecular weight excluding hydrogens is 764 g/mol. The second-order valence-electron chi connectivity index (χ2n) is 8.99. The maximum absolute atomic E-state index is 14.0. The summed E-state index contributed by atoms with van der Waals surface area (Å²) in [5, 5.41) is 2.97. The average molecular weight is 787 g/mol. The molecule has 2 heterocycles. The molecule has 1 N–H and O–H groups in total. The molecule has 3 aromatic carbocycles. The summed E-state index contributed by atoms with van der Waals surface area (Å²) >= 11 is 5.68. The molecule has 0 saturated heterocycles. The van der Waals surface area contributed by atoms with Crippen LogP contribution in [0.5, 0.6) is 11.5 Å². The Morgan fingerprint density at radius 1 is 1.15 bits per heavy atom. The summed E-state index contributed by atoms with van der Waals surface area (Å²) in [6.07, 6.45) is 7.19. The van der Waals surface area contributed by atoms with Gasteiger partial charge in [-0.15, -0.1) is 6.42 Å². The zero-order valence-corrected chi connectivity index (χ0v) is 27.1. The minimum absolute atomic E-state index is 0.174. The Kier molecular flexibility index (Phi) is 8.96. The Balaban J connectivity index is 1.65. The molecule has 1 amide bonds. The second kappa shape index (κ2) is 12.6. The number of allylic oxidation sites excluding steroid dienone is 1. The van der Waals surface area contributed by atoms with Gasteiger partial charge >= 0.3 is 0 Å². The summed E-state index contributed by atoms with van der Waals surface area (Å²) in [5.74, 6) is 3.49. The molecule has 0 aliphatic carbocycles. The van der Waals surface area contributed by atoms with Gasteiger partial charge in [-0.2, -0.15) is 0 Å². The summed E-state index contributed by atoms with van der Waals surface area (Å²) in [7, 11) is 1.58. The molecule has 5 rings (SSSR count). The van der Waals surface area contributed by atoms with Crippen molar-refractivity contribution in [3.63, 3.8) is 0 Å². The van der Waals surface area contributed by atoms with E-state index < -0.39 is 6.04 Å². The van der Waals surface area contributed by atoms with Crippen molar-refractivity contribution in [1.29, 1.82) is 0 Å². The van der Waals surface area contributed by atoms with Crippen LogP contribution in [0.3, 0.4) is 0 Å². The molecule has 10 heteroatoms. The molecule has 0 fully saturated rings. The molecule has 1 aliphatic rings. The number of terminal acetylenes is 1. The number of thiazole rings is 1. The zero-order valence-electron chi connectivity index (χ0n) is 22.0. The molecule has 1 atom stereocenters. The van der Waals surface area contributed by atoms with E-state index in [1.165, 1.54) is 11.3 Å². The third-order valence-electron chi connectivity index (χ3n) is 6.33. The number of hydrogen-bond donors (Lipinski definition) is 1. The van der Waals surface area contributed by atoms with Gasteiger partial charge in [0.05, 0.1) is 36.1 Å². The summed E-state index contributed by atoms with van der Waals surface area (Å²) in [6, 6.07) is 19.8. The van der Waals surface area contributed by atoms with Crippen LogP contribution < -0.4 is 29.7 Å². The lowest BCUT2D eigenvalue weighted by molar-refractivity contribution is -0.113. The number of nitrogens with one attached hydrogen (secondary N) is 1. The Morgan fingerprint density at radius 3 is 2.56 bits per heavy atom. The Labute approximate surface area is 267 Å². The fourth-order valence-electron chi connectivity index (χ4n) is 4.52. The van der Waals surface area contributed by atoms with Gasteiger partial charge in [0, 0.05) is 5.69 Å². The van der Waals surface area contributed by atoms with Crippen molar-refractivity contribution in [2.45, 2.75) is 13.0 Å². The predicted octanol–water partition coefficient (Wildman–Crippen LogP) is 5.10. The second-order valence-corrected chi connectivity index (χ2v) is 12.3. The third kappa shape index (κ3) is 6.12. The topological polar surface area (TPSA) is 81.9 Å². The van der Waals surface area contributed by atoms with E-state index >= 15 is 0 Å². The number of halogens is 2. The smallest absolute Gasteiger partial charge is 0.271 e. The van der Waals surface area contributed by atoms with E-state index in [-0.39, 0.29) is 18.1 Å². The summed E-state index contributed by atoms with van der Waals surface area (Å²) in [6.45, 7) is 1.97. The van der Waals surface area contributed by atoms with E-state index in [0.717, 1.165) is 18.3 Å². The Bertz CT molecular complexity index is 1880. The van der Waals surface area contributed by atoms with Gasteiger partial charge in [0.25, 0.3) is 11.5 Å². The maximum atomic E-state index is 14.0. The van der Waals surface area contributed by atoms with Gasteiger partial charge < -0.3 is 14.8 Å². The SMILES string of the molecule is C#CCOc1c(I)cc(/C=c2\sc3n(c2=O)[C@H](c2cccc(OC)c2)C(C(=O)Nc2ccccc2)=C(C)N=3)cc1I. The van der Waals surface area contributed by atoms with Crippen molar-refractivity contribution < 1.29 is 14.3 Å². The molecule has 0 saturated carbocycles. The number of methoxy groups -OCH3 is 1. The van der Waals surface area contributed by atoms with Crippen LogP contribution in [-0.2, 0) is 4.79 Å². The first-order valence-electron chi connectivity index (χ1n) is 12.4. The number of fused-ring (bicyclic) bond motifs is 1. The standard InChI is InChI=1S/C31H23I2N3O4S/c1-4-13-40-28-23(32)14-19(15-24(28)33)16-25-30(38)36-27(20-9-8-12-22(17-20)39-3)26(18(2)34-31(36)41-25)29(37)35-21-10-6-5-7-11-21/h1,5-12,14-17,27H,13H2,2-3H3,(H,35,37)/b25-16-/t27-/m1/s1. The molecule has 7 nitrogen and oxygen atoms in total. The molecule has 0 radical (unpaired) electrons. The molecular formula is C31H23I2N3O4S. The minimum Gasteiger partial charge on any atom is -0.497 e. The van der Waals surface area contributed by atoms with Gasteiger partial charge in [0.2, 0.25) is 0 Å². The molecule has 1 aromatic heterocycles. The van der Waals surface area contributed by atoms with Gasteiger partial charge in [0.15, 0.2) is 4.80 Å². The Morgan fingerprint density at radius 2 is 1.88 bits per heavy atom. The van der Waals surface area contributed by atoms with Crippen molar-refractivity contribution >= 4 is 74.2 Å². The van der Waals surface area contributed by atoms with E-state index in [1.807, 2.05) is 72.8 Å². The number of aromatic nitrogens is 1.